The number of aromatic nitrogens is 2. The van der Waals surface area contributed by atoms with Gasteiger partial charge < -0.3 is 18.9 Å². The van der Waals surface area contributed by atoms with Crippen LogP contribution in [0.3, 0.4) is 0 Å². The van der Waals surface area contributed by atoms with Gasteiger partial charge in [-0.2, -0.15) is 16.8 Å². The fourth-order valence-electron chi connectivity index (χ4n) is 10.2. The SMILES string of the molecule is COc1ccc(-c2nc3ccccc3nc2-c2ccc(Oc3ccc(S(=O)(=O)c4ccc(Oc5ccc(/C(=C(/c6ccc(S(=O)(=O)O)cc6)c6ccc(Oc7ccc(S(=O)(=O)c8ccc(C)cc8)cc7)c(S(=O)(=O)O)c6)c6ccccc6)cc5)cc4)cc3)cc2)cc1. The molecule has 0 aliphatic heterocycles. The monoisotopic (exact) mass is 1300 g/mol. The van der Waals surface area contributed by atoms with E-state index in [1.165, 1.54) is 109 Å². The number of ether oxygens (including phenoxy) is 4. The third-order valence-corrected chi connectivity index (χ3v) is 20.2. The molecule has 20 heteroatoms. The minimum Gasteiger partial charge on any atom is -0.497 e. The average Bonchev–Trinajstić information content (AvgIpc) is 3.26. The van der Waals surface area contributed by atoms with Gasteiger partial charge in [-0.15, -0.1) is 0 Å². The van der Waals surface area contributed by atoms with Crippen LogP contribution in [0, 0.1) is 6.92 Å². The molecule has 0 unspecified atom stereocenters. The number of para-hydroxylation sites is 2. The largest absolute Gasteiger partial charge is 0.497 e. The summed E-state index contributed by atoms with van der Waals surface area (Å²) in [7, 11) is -16.0. The number of nitrogens with zero attached hydrogens (tertiary/aromatic N) is 2. The van der Waals surface area contributed by atoms with Gasteiger partial charge in [-0.1, -0.05) is 90.5 Å². The molecule has 0 aliphatic carbocycles. The molecule has 11 aromatic carbocycles. The lowest BCUT2D eigenvalue weighted by Gasteiger charge is -2.20. The number of sulfone groups is 2. The molecule has 0 amide bonds. The molecule has 2 N–H and O–H groups in total. The summed E-state index contributed by atoms with van der Waals surface area (Å²) in [6.45, 7) is 1.84. The van der Waals surface area contributed by atoms with Crippen LogP contribution >= 0.6 is 0 Å². The van der Waals surface area contributed by atoms with Crippen molar-refractivity contribution in [3.05, 3.63) is 295 Å². The summed E-state index contributed by atoms with van der Waals surface area (Å²) in [6.07, 6.45) is 0. The molecule has 0 atom stereocenters. The van der Waals surface area contributed by atoms with Crippen molar-refractivity contribution in [1.82, 2.24) is 9.97 Å². The lowest BCUT2D eigenvalue weighted by molar-refractivity contribution is 0.415. The Bertz CT molecular complexity index is 5240. The van der Waals surface area contributed by atoms with Crippen molar-refractivity contribution in [3.63, 3.8) is 0 Å². The van der Waals surface area contributed by atoms with Crippen molar-refractivity contribution < 1.29 is 61.7 Å². The predicted octanol–water partition coefficient (Wildman–Crippen LogP) is 15.8. The van der Waals surface area contributed by atoms with E-state index < -0.39 is 49.7 Å². The van der Waals surface area contributed by atoms with Gasteiger partial charge in [-0.25, -0.2) is 26.8 Å². The van der Waals surface area contributed by atoms with E-state index >= 15 is 0 Å². The molecule has 0 fully saturated rings. The molecule has 458 valence electrons. The number of rotatable bonds is 19. The van der Waals surface area contributed by atoms with Crippen molar-refractivity contribution >= 4 is 62.1 Å². The van der Waals surface area contributed by atoms with Crippen molar-refractivity contribution in [1.29, 1.82) is 0 Å². The highest BCUT2D eigenvalue weighted by atomic mass is 32.2. The first-order chi connectivity index (χ1) is 44.2. The second-order valence-corrected chi connectivity index (χ2v) is 27.7. The molecule has 1 aromatic heterocycles. The molecule has 0 spiro atoms. The standard InChI is InChI=1S/C72H52N2O14S4/c1-47-12-35-60(36-13-47)89(75,76)63-43-33-59(34-44-63)88-67-45-22-53(46-68(67)92(82,83)84)70(50-20-37-64(38-21-50)91(79,80)81)69(48-8-4-3-5-9-48)49-14-25-55(26-15-49)86-57-29-39-61(40-30-57)90(77,78)62-41-31-58(32-42-62)87-56-27-18-52(19-28-56)72-71(51-16-23-54(85-2)24-17-51)73-65-10-6-7-11-66(65)74-72/h3-46H,1-2H3,(H,79,80,81)(H,82,83,84)/b70-69-. The van der Waals surface area contributed by atoms with Crippen LogP contribution in [0.1, 0.15) is 27.8 Å². The van der Waals surface area contributed by atoms with Gasteiger partial charge in [-0.05, 0) is 222 Å². The summed E-state index contributed by atoms with van der Waals surface area (Å²) in [4.78, 5) is 9.01. The molecule has 1 heterocycles. The summed E-state index contributed by atoms with van der Waals surface area (Å²) in [5, 5.41) is 0. The molecule has 12 aromatic rings. The zero-order valence-corrected chi connectivity index (χ0v) is 52.0. The first-order valence-electron chi connectivity index (χ1n) is 28.2. The maximum Gasteiger partial charge on any atom is 0.298 e. The Labute approximate surface area is 531 Å². The van der Waals surface area contributed by atoms with Gasteiger partial charge in [0.25, 0.3) is 20.2 Å². The van der Waals surface area contributed by atoms with Crippen molar-refractivity contribution in [2.75, 3.05) is 7.11 Å². The molecule has 12 rings (SSSR count). The summed E-state index contributed by atoms with van der Waals surface area (Å²) in [5.41, 5.74) is 8.11. The maximum absolute atomic E-state index is 14.0. The Morgan fingerprint density at radius 1 is 0.337 bits per heavy atom. The average molecular weight is 1300 g/mol. The van der Waals surface area contributed by atoms with E-state index in [4.69, 9.17) is 28.9 Å². The Hall–Kier alpha value is -10.6. The summed E-state index contributed by atoms with van der Waals surface area (Å²) in [5.74, 6) is 2.09. The minimum atomic E-state index is -5.05. The Kier molecular flexibility index (Phi) is 17.0. The fraction of sp³-hybridized carbons (Fsp3) is 0.0278. The van der Waals surface area contributed by atoms with Gasteiger partial charge in [0, 0.05) is 11.1 Å². The van der Waals surface area contributed by atoms with Crippen LogP contribution in [-0.2, 0) is 39.9 Å². The van der Waals surface area contributed by atoms with Crippen LogP contribution in [0.5, 0.6) is 40.2 Å². The maximum atomic E-state index is 14.0. The lowest BCUT2D eigenvalue weighted by Crippen LogP contribution is -2.05. The van der Waals surface area contributed by atoms with E-state index in [1.54, 1.807) is 79.9 Å². The first kappa shape index (κ1) is 61.6. The van der Waals surface area contributed by atoms with Crippen molar-refractivity contribution in [2.24, 2.45) is 0 Å². The number of hydrogen-bond acceptors (Lipinski definition) is 14. The van der Waals surface area contributed by atoms with Gasteiger partial charge >= 0.3 is 0 Å². The first-order valence-corrected chi connectivity index (χ1v) is 34.0. The highest BCUT2D eigenvalue weighted by molar-refractivity contribution is 7.91. The Balaban J connectivity index is 0.788. The zero-order chi connectivity index (χ0) is 64.4. The number of hydrogen-bond donors (Lipinski definition) is 2. The molecule has 0 radical (unpaired) electrons. The molecule has 0 bridgehead atoms. The van der Waals surface area contributed by atoms with Crippen LogP contribution in [0.15, 0.2) is 296 Å². The second-order valence-electron chi connectivity index (χ2n) is 21.0. The number of fused-ring (bicyclic) bond motifs is 1. The second kappa shape index (κ2) is 25.4. The van der Waals surface area contributed by atoms with Gasteiger partial charge in [0.05, 0.1) is 54.0 Å². The molecule has 0 aliphatic rings. The predicted molar refractivity (Wildman–Crippen MR) is 349 cm³/mol. The van der Waals surface area contributed by atoms with Gasteiger partial charge in [-0.3, -0.25) is 9.11 Å². The van der Waals surface area contributed by atoms with Gasteiger partial charge in [0.2, 0.25) is 19.7 Å². The summed E-state index contributed by atoms with van der Waals surface area (Å²) in [6, 6.07) is 71.7. The normalized spacial score (nSPS) is 12.2. The third kappa shape index (κ3) is 13.3. The van der Waals surface area contributed by atoms with Crippen molar-refractivity contribution in [3.8, 4) is 62.8 Å². The number of aryl methyl sites for hydroxylation is 1. The van der Waals surface area contributed by atoms with Crippen LogP contribution in [0.2, 0.25) is 0 Å². The summed E-state index contributed by atoms with van der Waals surface area (Å²) < 4.78 is 150. The lowest BCUT2D eigenvalue weighted by atomic mass is 9.86. The van der Waals surface area contributed by atoms with E-state index in [1.807, 2.05) is 91.9 Å². The highest BCUT2D eigenvalue weighted by Gasteiger charge is 2.26. The van der Waals surface area contributed by atoms with Crippen molar-refractivity contribution in [2.45, 2.75) is 36.3 Å². The number of benzene rings is 11. The van der Waals surface area contributed by atoms with Gasteiger partial charge in [0.1, 0.15) is 45.1 Å². The smallest absolute Gasteiger partial charge is 0.298 e. The van der Waals surface area contributed by atoms with E-state index in [0.29, 0.717) is 62.2 Å². The molecule has 92 heavy (non-hydrogen) atoms. The van der Waals surface area contributed by atoms with Crippen LogP contribution in [-0.4, -0.2) is 59.9 Å². The number of methoxy groups -OCH3 is 1. The van der Waals surface area contributed by atoms with Crippen LogP contribution in [0.4, 0.5) is 0 Å². The van der Waals surface area contributed by atoms with E-state index in [9.17, 15) is 42.8 Å². The zero-order valence-electron chi connectivity index (χ0n) is 48.7. The van der Waals surface area contributed by atoms with Crippen LogP contribution in [0.25, 0.3) is 44.7 Å². The Morgan fingerprint density at radius 3 is 1.10 bits per heavy atom. The quantitative estimate of drug-likeness (QED) is 0.0565. The molecular formula is C72H52N2O14S4. The van der Waals surface area contributed by atoms with Gasteiger partial charge in [0.15, 0.2) is 0 Å². The van der Waals surface area contributed by atoms with E-state index in [2.05, 4.69) is 0 Å². The molecular weight excluding hydrogens is 1250 g/mol. The van der Waals surface area contributed by atoms with E-state index in [-0.39, 0.29) is 36.6 Å². The summed E-state index contributed by atoms with van der Waals surface area (Å²) >= 11 is 0. The molecule has 0 saturated heterocycles. The topological polar surface area (TPSA) is 240 Å². The molecule has 16 nitrogen and oxygen atoms in total. The van der Waals surface area contributed by atoms with Crippen LogP contribution < -0.4 is 18.9 Å². The van der Waals surface area contributed by atoms with E-state index in [0.717, 1.165) is 33.5 Å². The minimum absolute atomic E-state index is 0.0163. The molecule has 0 saturated carbocycles. The third-order valence-electron chi connectivity index (χ3n) is 14.9. The fourth-order valence-corrected chi connectivity index (χ4v) is 13.9. The highest BCUT2D eigenvalue weighted by Crippen LogP contribution is 2.42. The Morgan fingerprint density at radius 2 is 0.674 bits per heavy atom.